The number of H-pyrrole nitrogens is 1. The SMILES string of the molecule is COc1ccc(-c2cc(C(=O)N/N=C\c3ccccc3OCC(=O)O)[nH]n2)cc1. The van der Waals surface area contributed by atoms with Gasteiger partial charge in [-0.05, 0) is 42.5 Å². The lowest BCUT2D eigenvalue weighted by Gasteiger charge is -2.06. The lowest BCUT2D eigenvalue weighted by Crippen LogP contribution is -2.18. The van der Waals surface area contributed by atoms with Crippen LogP contribution in [0.2, 0.25) is 0 Å². The number of carboxylic acid groups (broad SMARTS) is 1. The van der Waals surface area contributed by atoms with Crippen molar-refractivity contribution in [3.05, 3.63) is 65.9 Å². The maximum atomic E-state index is 12.3. The van der Waals surface area contributed by atoms with Gasteiger partial charge in [0.25, 0.3) is 5.91 Å². The zero-order valence-electron chi connectivity index (χ0n) is 15.5. The number of aromatic nitrogens is 2. The van der Waals surface area contributed by atoms with Crippen molar-refractivity contribution in [2.24, 2.45) is 5.10 Å². The zero-order chi connectivity index (χ0) is 20.6. The van der Waals surface area contributed by atoms with Crippen molar-refractivity contribution in [1.82, 2.24) is 15.6 Å². The molecule has 0 aliphatic heterocycles. The van der Waals surface area contributed by atoms with Gasteiger partial charge in [-0.2, -0.15) is 10.2 Å². The number of hydrazone groups is 1. The number of aliphatic carboxylic acids is 1. The Labute approximate surface area is 166 Å². The van der Waals surface area contributed by atoms with E-state index in [9.17, 15) is 9.59 Å². The number of hydrogen-bond donors (Lipinski definition) is 3. The molecule has 0 bridgehead atoms. The molecule has 2 aromatic carbocycles. The van der Waals surface area contributed by atoms with Crippen molar-refractivity contribution in [2.75, 3.05) is 13.7 Å². The van der Waals surface area contributed by atoms with Gasteiger partial charge in [-0.3, -0.25) is 9.89 Å². The van der Waals surface area contributed by atoms with Crippen LogP contribution in [0.15, 0.2) is 59.7 Å². The molecule has 3 N–H and O–H groups in total. The molecule has 9 heteroatoms. The Morgan fingerprint density at radius 3 is 2.69 bits per heavy atom. The van der Waals surface area contributed by atoms with Crippen LogP contribution in [-0.2, 0) is 4.79 Å². The number of rotatable bonds is 8. The summed E-state index contributed by atoms with van der Waals surface area (Å²) in [5, 5.41) is 19.4. The summed E-state index contributed by atoms with van der Waals surface area (Å²) in [4.78, 5) is 22.9. The highest BCUT2D eigenvalue weighted by Gasteiger charge is 2.11. The first kappa shape index (κ1) is 19.6. The third-order valence-electron chi connectivity index (χ3n) is 3.85. The largest absolute Gasteiger partial charge is 0.497 e. The number of hydrogen-bond acceptors (Lipinski definition) is 6. The number of carbonyl (C=O) groups is 2. The smallest absolute Gasteiger partial charge is 0.341 e. The van der Waals surface area contributed by atoms with E-state index in [-0.39, 0.29) is 5.69 Å². The highest BCUT2D eigenvalue weighted by Crippen LogP contribution is 2.21. The van der Waals surface area contributed by atoms with Gasteiger partial charge in [0.05, 0.1) is 19.0 Å². The van der Waals surface area contributed by atoms with Crippen LogP contribution in [0.25, 0.3) is 11.3 Å². The molecule has 148 valence electrons. The highest BCUT2D eigenvalue weighted by molar-refractivity contribution is 5.94. The summed E-state index contributed by atoms with van der Waals surface area (Å²) >= 11 is 0. The second-order valence-electron chi connectivity index (χ2n) is 5.81. The van der Waals surface area contributed by atoms with E-state index in [1.807, 2.05) is 12.1 Å². The normalized spacial score (nSPS) is 10.7. The van der Waals surface area contributed by atoms with Gasteiger partial charge in [0.15, 0.2) is 6.61 Å². The van der Waals surface area contributed by atoms with E-state index in [2.05, 4.69) is 20.7 Å². The summed E-state index contributed by atoms with van der Waals surface area (Å²) in [5.41, 5.74) is 4.59. The summed E-state index contributed by atoms with van der Waals surface area (Å²) in [7, 11) is 1.59. The van der Waals surface area contributed by atoms with E-state index < -0.39 is 18.5 Å². The van der Waals surface area contributed by atoms with Gasteiger partial charge in [0.1, 0.15) is 17.2 Å². The van der Waals surface area contributed by atoms with E-state index in [1.165, 1.54) is 6.21 Å². The molecule has 1 aromatic heterocycles. The fourth-order valence-corrected chi connectivity index (χ4v) is 2.43. The van der Waals surface area contributed by atoms with Crippen molar-refractivity contribution in [2.45, 2.75) is 0 Å². The second kappa shape index (κ2) is 9.18. The van der Waals surface area contributed by atoms with Gasteiger partial charge in [0.2, 0.25) is 0 Å². The van der Waals surface area contributed by atoms with Crippen LogP contribution >= 0.6 is 0 Å². The van der Waals surface area contributed by atoms with E-state index in [1.54, 1.807) is 49.6 Å². The van der Waals surface area contributed by atoms with E-state index in [4.69, 9.17) is 14.6 Å². The van der Waals surface area contributed by atoms with Crippen LogP contribution in [0.1, 0.15) is 16.1 Å². The van der Waals surface area contributed by atoms with Gasteiger partial charge >= 0.3 is 5.97 Å². The predicted molar refractivity (Wildman–Crippen MR) is 105 cm³/mol. The molecule has 0 spiro atoms. The fourth-order valence-electron chi connectivity index (χ4n) is 2.43. The molecule has 1 amide bonds. The van der Waals surface area contributed by atoms with Crippen LogP contribution < -0.4 is 14.9 Å². The Kier molecular flexibility index (Phi) is 6.21. The average Bonchev–Trinajstić information content (AvgIpc) is 3.23. The molecule has 0 atom stereocenters. The summed E-state index contributed by atoms with van der Waals surface area (Å²) < 4.78 is 10.3. The molecular formula is C20H18N4O5. The Balaban J connectivity index is 1.64. The van der Waals surface area contributed by atoms with Crippen LogP contribution in [0.5, 0.6) is 11.5 Å². The maximum absolute atomic E-state index is 12.3. The lowest BCUT2D eigenvalue weighted by atomic mass is 10.1. The molecule has 9 nitrogen and oxygen atoms in total. The molecule has 3 rings (SSSR count). The number of aromatic amines is 1. The first-order valence-electron chi connectivity index (χ1n) is 8.53. The predicted octanol–water partition coefficient (Wildman–Crippen LogP) is 2.31. The molecule has 0 aliphatic carbocycles. The second-order valence-corrected chi connectivity index (χ2v) is 5.81. The standard InChI is InChI=1S/C20H18N4O5/c1-28-15-8-6-13(7-9-15)16-10-17(23-22-16)20(27)24-21-11-14-4-2-3-5-18(14)29-12-19(25)26/h2-11H,12H2,1H3,(H,22,23)(H,24,27)(H,25,26)/b21-11-. The van der Waals surface area contributed by atoms with Crippen LogP contribution in [0, 0.1) is 0 Å². The third-order valence-corrected chi connectivity index (χ3v) is 3.85. The Morgan fingerprint density at radius 2 is 1.97 bits per heavy atom. The average molecular weight is 394 g/mol. The van der Waals surface area contributed by atoms with Crippen molar-refractivity contribution < 1.29 is 24.2 Å². The molecule has 0 unspecified atom stereocenters. The van der Waals surface area contributed by atoms with Crippen molar-refractivity contribution in [3.8, 4) is 22.8 Å². The fraction of sp³-hybridized carbons (Fsp3) is 0.100. The number of nitrogens with zero attached hydrogens (tertiary/aromatic N) is 2. The number of carboxylic acids is 1. The van der Waals surface area contributed by atoms with Crippen molar-refractivity contribution >= 4 is 18.1 Å². The zero-order valence-corrected chi connectivity index (χ0v) is 15.5. The van der Waals surface area contributed by atoms with Crippen molar-refractivity contribution in [1.29, 1.82) is 0 Å². The van der Waals surface area contributed by atoms with Gasteiger partial charge in [0, 0.05) is 11.1 Å². The number of nitrogens with one attached hydrogen (secondary N) is 2. The highest BCUT2D eigenvalue weighted by atomic mass is 16.5. The molecule has 0 aliphatic rings. The van der Waals surface area contributed by atoms with Crippen LogP contribution in [0.4, 0.5) is 0 Å². The monoisotopic (exact) mass is 394 g/mol. The minimum absolute atomic E-state index is 0.239. The number of carbonyl (C=O) groups excluding carboxylic acids is 1. The Morgan fingerprint density at radius 1 is 1.21 bits per heavy atom. The third kappa shape index (κ3) is 5.19. The number of ether oxygens (including phenoxy) is 2. The number of benzene rings is 2. The van der Waals surface area contributed by atoms with E-state index >= 15 is 0 Å². The number of para-hydroxylation sites is 1. The molecule has 1 heterocycles. The summed E-state index contributed by atoms with van der Waals surface area (Å²) in [6.45, 7) is -0.473. The van der Waals surface area contributed by atoms with Gasteiger partial charge in [-0.1, -0.05) is 12.1 Å². The molecule has 3 aromatic rings. The molecular weight excluding hydrogens is 376 g/mol. The van der Waals surface area contributed by atoms with Gasteiger partial charge in [-0.15, -0.1) is 0 Å². The summed E-state index contributed by atoms with van der Waals surface area (Å²) in [6, 6.07) is 15.6. The minimum atomic E-state index is -1.09. The summed E-state index contributed by atoms with van der Waals surface area (Å²) in [5.74, 6) is -0.491. The van der Waals surface area contributed by atoms with Gasteiger partial charge in [-0.25, -0.2) is 10.2 Å². The molecule has 0 saturated carbocycles. The molecule has 0 saturated heterocycles. The number of amides is 1. The number of methoxy groups -OCH3 is 1. The minimum Gasteiger partial charge on any atom is -0.497 e. The first-order chi connectivity index (χ1) is 14.1. The molecule has 0 radical (unpaired) electrons. The first-order valence-corrected chi connectivity index (χ1v) is 8.53. The van der Waals surface area contributed by atoms with Crippen molar-refractivity contribution in [3.63, 3.8) is 0 Å². The van der Waals surface area contributed by atoms with Crippen LogP contribution in [0.3, 0.4) is 0 Å². The Bertz CT molecular complexity index is 1030. The van der Waals surface area contributed by atoms with Gasteiger partial charge < -0.3 is 14.6 Å². The molecule has 29 heavy (non-hydrogen) atoms. The van der Waals surface area contributed by atoms with E-state index in [0.717, 1.165) is 11.3 Å². The Hall–Kier alpha value is -4.14. The van der Waals surface area contributed by atoms with E-state index in [0.29, 0.717) is 17.0 Å². The molecule has 0 fully saturated rings. The topological polar surface area (TPSA) is 126 Å². The summed E-state index contributed by atoms with van der Waals surface area (Å²) in [6.07, 6.45) is 1.37. The van der Waals surface area contributed by atoms with Crippen LogP contribution in [-0.4, -0.2) is 47.1 Å². The maximum Gasteiger partial charge on any atom is 0.341 e. The lowest BCUT2D eigenvalue weighted by molar-refractivity contribution is -0.139. The quantitative estimate of drug-likeness (QED) is 0.398.